The maximum Gasteiger partial charge on any atom is 0.0641 e. The van der Waals surface area contributed by atoms with Crippen molar-refractivity contribution >= 4 is 8.07 Å². The Balaban J connectivity index is 1.47. The van der Waals surface area contributed by atoms with Crippen LogP contribution in [0, 0.1) is 23.7 Å². The second kappa shape index (κ2) is 11.3. The van der Waals surface area contributed by atoms with Crippen molar-refractivity contribution in [2.45, 2.75) is 126 Å². The summed E-state index contributed by atoms with van der Waals surface area (Å²) >= 11 is 0. The first-order valence-electron chi connectivity index (χ1n) is 15.0. The van der Waals surface area contributed by atoms with Crippen molar-refractivity contribution in [2.75, 3.05) is 0 Å². The minimum absolute atomic E-state index is 0.860. The molecule has 0 saturated heterocycles. The van der Waals surface area contributed by atoms with E-state index < -0.39 is 8.07 Å². The molecule has 5 aliphatic rings. The third-order valence-corrected chi connectivity index (χ3v) is 18.3. The highest BCUT2D eigenvalue weighted by molar-refractivity contribution is 6.84. The lowest BCUT2D eigenvalue weighted by atomic mass is 9.91. The van der Waals surface area contributed by atoms with Crippen LogP contribution >= 0.6 is 0 Å². The van der Waals surface area contributed by atoms with E-state index in [4.69, 9.17) is 0 Å². The Morgan fingerprint density at radius 3 is 1.73 bits per heavy atom. The van der Waals surface area contributed by atoms with Gasteiger partial charge in [0, 0.05) is 0 Å². The molecule has 0 nitrogen and oxygen atoms in total. The lowest BCUT2D eigenvalue weighted by Gasteiger charge is -2.53. The van der Waals surface area contributed by atoms with Crippen LogP contribution in [-0.2, 0) is 0 Å². The predicted octanol–water partition coefficient (Wildman–Crippen LogP) is 10.2. The predicted molar refractivity (Wildman–Crippen MR) is 147 cm³/mol. The van der Waals surface area contributed by atoms with Crippen LogP contribution in [-0.4, -0.2) is 8.07 Å². The van der Waals surface area contributed by atoms with Crippen molar-refractivity contribution in [3.05, 3.63) is 48.6 Å². The molecular formula is C32H50Si. The maximum absolute atomic E-state index is 2.69. The fourth-order valence-corrected chi connectivity index (χ4v) is 18.3. The number of rotatable bonds is 10. The molecule has 0 heterocycles. The van der Waals surface area contributed by atoms with Crippen LogP contribution in [0.25, 0.3) is 0 Å². The van der Waals surface area contributed by atoms with Gasteiger partial charge >= 0.3 is 0 Å². The standard InChI is InChI=1S/C32H50Si/c1-2-3-4-5-6-14-25-33(28-17-8-7-9-18-28,31-23-21-26-15-10-12-19-29(26)31)32-24-22-27-16-11-13-20-30(27)32/h10-13,15-16,19-20,26-32H,2-9,14,17-18,21-25H2,1H3/t26?,27?,29?,30?,31-,32-,33?/m0/s1. The molecule has 0 N–H and O–H groups in total. The van der Waals surface area contributed by atoms with Crippen LogP contribution in [0.3, 0.4) is 0 Å². The van der Waals surface area contributed by atoms with Crippen molar-refractivity contribution in [1.82, 2.24) is 0 Å². The van der Waals surface area contributed by atoms with E-state index in [9.17, 15) is 0 Å². The van der Waals surface area contributed by atoms with Crippen LogP contribution in [0.1, 0.15) is 103 Å². The van der Waals surface area contributed by atoms with Gasteiger partial charge in [-0.2, -0.15) is 0 Å². The Morgan fingerprint density at radius 2 is 1.12 bits per heavy atom. The van der Waals surface area contributed by atoms with Crippen LogP contribution in [0.15, 0.2) is 48.6 Å². The molecule has 3 fully saturated rings. The largest absolute Gasteiger partial charge is 0.0808 e. The van der Waals surface area contributed by atoms with Gasteiger partial charge < -0.3 is 0 Å². The van der Waals surface area contributed by atoms with E-state index in [1.807, 2.05) is 0 Å². The molecule has 33 heavy (non-hydrogen) atoms. The van der Waals surface area contributed by atoms with E-state index in [0.29, 0.717) is 0 Å². The molecule has 0 amide bonds. The third-order valence-electron chi connectivity index (χ3n) is 10.9. The Labute approximate surface area is 206 Å². The molecule has 0 aromatic rings. The summed E-state index contributed by atoms with van der Waals surface area (Å²) in [7, 11) is -1.48. The van der Waals surface area contributed by atoms with Crippen LogP contribution < -0.4 is 0 Å². The monoisotopic (exact) mass is 462 g/mol. The van der Waals surface area contributed by atoms with Gasteiger partial charge in [0.1, 0.15) is 0 Å². The number of hydrogen-bond donors (Lipinski definition) is 0. The van der Waals surface area contributed by atoms with E-state index in [0.717, 1.165) is 40.3 Å². The molecule has 0 aromatic carbocycles. The van der Waals surface area contributed by atoms with Crippen molar-refractivity contribution in [3.8, 4) is 0 Å². The molecule has 0 bridgehead atoms. The molecule has 0 aromatic heterocycles. The average Bonchev–Trinajstić information content (AvgIpc) is 3.50. The molecule has 6 atom stereocenters. The maximum atomic E-state index is 2.69. The minimum atomic E-state index is -1.48. The molecule has 5 aliphatic carbocycles. The van der Waals surface area contributed by atoms with Gasteiger partial charge in [-0.25, -0.2) is 0 Å². The number of allylic oxidation sites excluding steroid dienone is 8. The highest BCUT2D eigenvalue weighted by atomic mass is 28.3. The summed E-state index contributed by atoms with van der Waals surface area (Å²) in [6.45, 7) is 2.35. The lowest BCUT2D eigenvalue weighted by molar-refractivity contribution is 0.445. The van der Waals surface area contributed by atoms with Gasteiger partial charge in [0.05, 0.1) is 8.07 Å². The van der Waals surface area contributed by atoms with Crippen LogP contribution in [0.4, 0.5) is 0 Å². The third kappa shape index (κ3) is 4.82. The van der Waals surface area contributed by atoms with Gasteiger partial charge in [-0.3, -0.25) is 0 Å². The van der Waals surface area contributed by atoms with Gasteiger partial charge in [0.15, 0.2) is 0 Å². The first-order valence-corrected chi connectivity index (χ1v) is 17.5. The fourth-order valence-electron chi connectivity index (χ4n) is 9.47. The molecule has 182 valence electrons. The second-order valence-electron chi connectivity index (χ2n) is 12.4. The minimum Gasteiger partial charge on any atom is -0.0808 e. The summed E-state index contributed by atoms with van der Waals surface area (Å²) in [4.78, 5) is 0. The Hall–Kier alpha value is -0.823. The van der Waals surface area contributed by atoms with Gasteiger partial charge in [-0.15, -0.1) is 0 Å². The van der Waals surface area contributed by atoms with E-state index >= 15 is 0 Å². The van der Waals surface area contributed by atoms with E-state index in [1.54, 1.807) is 38.1 Å². The quantitative estimate of drug-likeness (QED) is 0.224. The summed E-state index contributed by atoms with van der Waals surface area (Å²) in [5.74, 6) is 3.48. The van der Waals surface area contributed by atoms with Crippen molar-refractivity contribution < 1.29 is 0 Å². The Kier molecular flexibility index (Phi) is 8.17. The zero-order valence-corrected chi connectivity index (χ0v) is 22.5. The fraction of sp³-hybridized carbons (Fsp3) is 0.750. The highest BCUT2D eigenvalue weighted by Crippen LogP contribution is 2.65. The Bertz CT molecular complexity index is 692. The van der Waals surface area contributed by atoms with Crippen molar-refractivity contribution in [1.29, 1.82) is 0 Å². The van der Waals surface area contributed by atoms with E-state index in [2.05, 4.69) is 55.5 Å². The first kappa shape index (κ1) is 23.9. The van der Waals surface area contributed by atoms with Gasteiger partial charge in [0.2, 0.25) is 0 Å². The zero-order valence-electron chi connectivity index (χ0n) is 21.5. The van der Waals surface area contributed by atoms with Gasteiger partial charge in [-0.05, 0) is 53.1 Å². The van der Waals surface area contributed by atoms with Crippen LogP contribution in [0.5, 0.6) is 0 Å². The zero-order chi connectivity index (χ0) is 22.5. The first-order chi connectivity index (χ1) is 16.3. The number of fused-ring (bicyclic) bond motifs is 2. The smallest absolute Gasteiger partial charge is 0.0641 e. The molecular weight excluding hydrogens is 412 g/mol. The van der Waals surface area contributed by atoms with Gasteiger partial charge in [0.25, 0.3) is 0 Å². The lowest BCUT2D eigenvalue weighted by Crippen LogP contribution is -2.52. The van der Waals surface area contributed by atoms with Crippen molar-refractivity contribution in [2.24, 2.45) is 23.7 Å². The summed E-state index contributed by atoms with van der Waals surface area (Å²) < 4.78 is 0. The Morgan fingerprint density at radius 1 is 0.576 bits per heavy atom. The molecule has 3 saturated carbocycles. The highest BCUT2D eigenvalue weighted by Gasteiger charge is 2.59. The second-order valence-corrected chi connectivity index (χ2v) is 17.4. The molecule has 5 rings (SSSR count). The summed E-state index contributed by atoms with van der Waals surface area (Å²) in [6.07, 6.45) is 42.8. The molecule has 1 heteroatoms. The summed E-state index contributed by atoms with van der Waals surface area (Å²) in [6, 6.07) is 1.67. The molecule has 0 aliphatic heterocycles. The van der Waals surface area contributed by atoms with Crippen LogP contribution in [0.2, 0.25) is 22.7 Å². The van der Waals surface area contributed by atoms with E-state index in [-0.39, 0.29) is 0 Å². The number of hydrogen-bond acceptors (Lipinski definition) is 0. The SMILES string of the molecule is CCCCCCCC[Si](C1CCCCC1)([C@H]1CCC2C=CC=CC21)[C@H]1CCC2C=CC=CC21. The van der Waals surface area contributed by atoms with Gasteiger partial charge in [-0.1, -0.05) is 145 Å². The molecule has 0 radical (unpaired) electrons. The summed E-state index contributed by atoms with van der Waals surface area (Å²) in [5.41, 5.74) is 3.24. The molecule has 0 spiro atoms. The average molecular weight is 463 g/mol. The number of unbranched alkanes of at least 4 members (excludes halogenated alkanes) is 5. The van der Waals surface area contributed by atoms with Crippen molar-refractivity contribution in [3.63, 3.8) is 0 Å². The summed E-state index contributed by atoms with van der Waals surface area (Å²) in [5, 5.41) is 0. The normalized spacial score (nSPS) is 37.2. The molecule has 4 unspecified atom stereocenters. The topological polar surface area (TPSA) is 0 Å². The van der Waals surface area contributed by atoms with E-state index in [1.165, 1.54) is 64.2 Å².